The average Bonchev–Trinajstić information content (AvgIpc) is 2.75. The first-order valence-corrected chi connectivity index (χ1v) is 8.91. The molecule has 3 rings (SSSR count). The molecule has 0 spiro atoms. The third-order valence-electron chi connectivity index (χ3n) is 3.87. The number of anilines is 3. The fourth-order valence-corrected chi connectivity index (χ4v) is 2.48. The summed E-state index contributed by atoms with van der Waals surface area (Å²) in [6.45, 7) is 2.52. The largest absolute Gasteiger partial charge is 0.494 e. The second-order valence-electron chi connectivity index (χ2n) is 5.87. The summed E-state index contributed by atoms with van der Waals surface area (Å²) in [7, 11) is 1.31. The van der Waals surface area contributed by atoms with E-state index in [1.807, 2.05) is 31.2 Å². The topological polar surface area (TPSA) is 102 Å². The Morgan fingerprint density at radius 2 is 1.66 bits per heavy atom. The highest BCUT2D eigenvalue weighted by Gasteiger charge is 2.11. The molecule has 3 aromatic rings. The van der Waals surface area contributed by atoms with Crippen LogP contribution in [0.4, 0.5) is 17.3 Å². The third-order valence-corrected chi connectivity index (χ3v) is 3.87. The number of benzene rings is 2. The predicted molar refractivity (Wildman–Crippen MR) is 109 cm³/mol. The molecule has 1 aromatic heterocycles. The van der Waals surface area contributed by atoms with Crippen LogP contribution in [0.15, 0.2) is 60.8 Å². The Kier molecular flexibility index (Phi) is 6.36. The lowest BCUT2D eigenvalue weighted by molar-refractivity contribution is 0.0600. The van der Waals surface area contributed by atoms with Gasteiger partial charge in [-0.15, -0.1) is 0 Å². The first kappa shape index (κ1) is 19.8. The molecule has 0 radical (unpaired) electrons. The van der Waals surface area contributed by atoms with E-state index in [1.54, 1.807) is 24.3 Å². The zero-order valence-corrected chi connectivity index (χ0v) is 16.0. The van der Waals surface area contributed by atoms with Crippen molar-refractivity contribution in [2.45, 2.75) is 6.92 Å². The number of carbonyl (C=O) groups is 2. The predicted octanol–water partition coefficient (Wildman–Crippen LogP) is 3.66. The second-order valence-corrected chi connectivity index (χ2v) is 5.87. The first-order chi connectivity index (χ1) is 14.1. The minimum Gasteiger partial charge on any atom is -0.494 e. The summed E-state index contributed by atoms with van der Waals surface area (Å²) in [6.07, 6.45) is 1.50. The number of aromatic nitrogens is 2. The van der Waals surface area contributed by atoms with Gasteiger partial charge in [0.15, 0.2) is 0 Å². The smallest absolute Gasteiger partial charge is 0.337 e. The van der Waals surface area contributed by atoms with Crippen molar-refractivity contribution < 1.29 is 19.1 Å². The molecule has 0 saturated heterocycles. The lowest BCUT2D eigenvalue weighted by Crippen LogP contribution is -2.15. The van der Waals surface area contributed by atoms with Crippen LogP contribution in [-0.4, -0.2) is 35.6 Å². The Balaban J connectivity index is 1.66. The van der Waals surface area contributed by atoms with Crippen LogP contribution in [0.25, 0.3) is 0 Å². The van der Waals surface area contributed by atoms with Gasteiger partial charge in [-0.3, -0.25) is 4.79 Å². The Labute approximate surface area is 167 Å². The zero-order chi connectivity index (χ0) is 20.6. The Morgan fingerprint density at radius 3 is 2.31 bits per heavy atom. The van der Waals surface area contributed by atoms with Gasteiger partial charge >= 0.3 is 5.97 Å². The normalized spacial score (nSPS) is 10.1. The van der Waals surface area contributed by atoms with Gasteiger partial charge in [0.05, 0.1) is 19.3 Å². The fraction of sp³-hybridized carbons (Fsp3) is 0.143. The molecule has 0 fully saturated rings. The molecule has 1 heterocycles. The molecule has 0 saturated carbocycles. The first-order valence-electron chi connectivity index (χ1n) is 8.91. The van der Waals surface area contributed by atoms with E-state index in [0.717, 1.165) is 11.4 Å². The summed E-state index contributed by atoms with van der Waals surface area (Å²) in [6, 6.07) is 15.2. The van der Waals surface area contributed by atoms with Crippen LogP contribution in [0.2, 0.25) is 0 Å². The van der Waals surface area contributed by atoms with Crippen LogP contribution in [0.1, 0.15) is 27.8 Å². The maximum absolute atomic E-state index is 12.5. The van der Waals surface area contributed by atoms with Gasteiger partial charge in [0, 0.05) is 17.6 Å². The lowest BCUT2D eigenvalue weighted by atomic mass is 10.2. The SMILES string of the molecule is CCOc1ccc(Nc2nccc(C(=O)Nc3ccc(C(=O)OC)cc3)n2)cc1. The van der Waals surface area contributed by atoms with Crippen LogP contribution in [0, 0.1) is 0 Å². The minimum atomic E-state index is -0.441. The van der Waals surface area contributed by atoms with Crippen molar-refractivity contribution in [1.82, 2.24) is 9.97 Å². The van der Waals surface area contributed by atoms with Crippen molar-refractivity contribution in [1.29, 1.82) is 0 Å². The van der Waals surface area contributed by atoms with Gasteiger partial charge in [-0.1, -0.05) is 0 Å². The number of nitrogens with zero attached hydrogens (tertiary/aromatic N) is 2. The number of ether oxygens (including phenoxy) is 2. The maximum atomic E-state index is 12.5. The monoisotopic (exact) mass is 392 g/mol. The second kappa shape index (κ2) is 9.32. The van der Waals surface area contributed by atoms with Gasteiger partial charge in [-0.25, -0.2) is 14.8 Å². The minimum absolute atomic E-state index is 0.200. The van der Waals surface area contributed by atoms with Crippen molar-refractivity contribution in [3.63, 3.8) is 0 Å². The number of hydrogen-bond donors (Lipinski definition) is 2. The molecule has 8 heteroatoms. The van der Waals surface area contributed by atoms with Crippen molar-refractivity contribution in [3.8, 4) is 5.75 Å². The summed E-state index contributed by atoms with van der Waals surface area (Å²) in [5.74, 6) is 0.227. The standard InChI is InChI=1S/C21H20N4O4/c1-3-29-17-10-8-16(9-11-17)24-21-22-13-12-18(25-21)19(26)23-15-6-4-14(5-7-15)20(27)28-2/h4-13H,3H2,1-2H3,(H,23,26)(H,22,24,25). The molecule has 0 aliphatic carbocycles. The van der Waals surface area contributed by atoms with E-state index in [9.17, 15) is 9.59 Å². The van der Waals surface area contributed by atoms with Crippen LogP contribution in [-0.2, 0) is 4.74 Å². The number of carbonyl (C=O) groups excluding carboxylic acids is 2. The molecule has 0 aliphatic rings. The van der Waals surface area contributed by atoms with E-state index >= 15 is 0 Å². The van der Waals surface area contributed by atoms with Gasteiger partial charge in [-0.05, 0) is 61.5 Å². The van der Waals surface area contributed by atoms with E-state index in [1.165, 1.54) is 19.4 Å². The molecule has 2 aromatic carbocycles. The molecule has 8 nitrogen and oxygen atoms in total. The molecule has 0 aliphatic heterocycles. The molecule has 1 amide bonds. The number of rotatable bonds is 7. The van der Waals surface area contributed by atoms with Crippen LogP contribution in [0.5, 0.6) is 5.75 Å². The fourth-order valence-electron chi connectivity index (χ4n) is 2.48. The van der Waals surface area contributed by atoms with E-state index in [4.69, 9.17) is 4.74 Å². The van der Waals surface area contributed by atoms with E-state index in [-0.39, 0.29) is 5.69 Å². The summed E-state index contributed by atoms with van der Waals surface area (Å²) >= 11 is 0. The number of esters is 1. The summed E-state index contributed by atoms with van der Waals surface area (Å²) in [4.78, 5) is 32.3. The lowest BCUT2D eigenvalue weighted by Gasteiger charge is -2.09. The van der Waals surface area contributed by atoms with Gasteiger partial charge in [0.25, 0.3) is 5.91 Å². The molecule has 0 bridgehead atoms. The number of hydrogen-bond acceptors (Lipinski definition) is 7. The van der Waals surface area contributed by atoms with Crippen LogP contribution in [0.3, 0.4) is 0 Å². The summed E-state index contributed by atoms with van der Waals surface area (Å²) < 4.78 is 10.1. The van der Waals surface area contributed by atoms with Gasteiger partial charge in [0.2, 0.25) is 5.95 Å². The molecular formula is C21H20N4O4. The maximum Gasteiger partial charge on any atom is 0.337 e. The third kappa shape index (κ3) is 5.29. The van der Waals surface area contributed by atoms with E-state index in [2.05, 4.69) is 25.3 Å². The zero-order valence-electron chi connectivity index (χ0n) is 16.0. The number of amides is 1. The molecule has 29 heavy (non-hydrogen) atoms. The number of nitrogens with one attached hydrogen (secondary N) is 2. The highest BCUT2D eigenvalue weighted by atomic mass is 16.5. The van der Waals surface area contributed by atoms with Gasteiger partial charge in [-0.2, -0.15) is 0 Å². The van der Waals surface area contributed by atoms with Gasteiger partial charge in [0.1, 0.15) is 11.4 Å². The van der Waals surface area contributed by atoms with Crippen molar-refractivity contribution in [2.75, 3.05) is 24.4 Å². The molecular weight excluding hydrogens is 372 g/mol. The van der Waals surface area contributed by atoms with E-state index in [0.29, 0.717) is 23.8 Å². The highest BCUT2D eigenvalue weighted by Crippen LogP contribution is 2.18. The highest BCUT2D eigenvalue weighted by molar-refractivity contribution is 6.03. The van der Waals surface area contributed by atoms with E-state index < -0.39 is 11.9 Å². The van der Waals surface area contributed by atoms with Crippen molar-refractivity contribution in [3.05, 3.63) is 72.1 Å². The molecule has 0 atom stereocenters. The van der Waals surface area contributed by atoms with Crippen molar-refractivity contribution >= 4 is 29.2 Å². The Bertz CT molecular complexity index is 988. The quantitative estimate of drug-likeness (QED) is 0.592. The molecule has 148 valence electrons. The van der Waals surface area contributed by atoms with Crippen molar-refractivity contribution in [2.24, 2.45) is 0 Å². The van der Waals surface area contributed by atoms with Gasteiger partial charge < -0.3 is 20.1 Å². The number of methoxy groups -OCH3 is 1. The summed E-state index contributed by atoms with van der Waals surface area (Å²) in [5.41, 5.74) is 1.89. The molecule has 0 unspecified atom stereocenters. The molecule has 2 N–H and O–H groups in total. The summed E-state index contributed by atoms with van der Waals surface area (Å²) in [5, 5.41) is 5.78. The average molecular weight is 392 g/mol. The van der Waals surface area contributed by atoms with Crippen LogP contribution < -0.4 is 15.4 Å². The Hall–Kier alpha value is -3.94. The van der Waals surface area contributed by atoms with Crippen LogP contribution >= 0.6 is 0 Å². The Morgan fingerprint density at radius 1 is 0.966 bits per heavy atom.